The highest BCUT2D eigenvalue weighted by Gasteiger charge is 2.38. The van der Waals surface area contributed by atoms with E-state index in [1.165, 1.54) is 11.1 Å². The van der Waals surface area contributed by atoms with Crippen LogP contribution in [0.15, 0.2) is 115 Å². The second-order valence-corrected chi connectivity index (χ2v) is 10.0. The van der Waals surface area contributed by atoms with Crippen molar-refractivity contribution in [3.63, 3.8) is 0 Å². The van der Waals surface area contributed by atoms with Crippen LogP contribution in [-0.2, 0) is 6.61 Å². The van der Waals surface area contributed by atoms with Crippen LogP contribution < -0.4 is 15.0 Å². The third-order valence-corrected chi connectivity index (χ3v) is 7.73. The van der Waals surface area contributed by atoms with E-state index in [4.69, 9.17) is 4.74 Å². The first-order valence-electron chi connectivity index (χ1n) is 13.4. The number of fused-ring (bicyclic) bond motifs is 3. The molecule has 0 bridgehead atoms. The molecular weight excluding hydrogens is 468 g/mol. The molecule has 1 heterocycles. The first-order chi connectivity index (χ1) is 18.7. The molecule has 4 aromatic carbocycles. The lowest BCUT2D eigenvalue weighted by atomic mass is 9.76. The number of ether oxygens (including phenoxy) is 1. The van der Waals surface area contributed by atoms with Gasteiger partial charge in [0, 0.05) is 29.4 Å². The minimum absolute atomic E-state index is 0.0354. The number of rotatable bonds is 7. The SMILES string of the molecule is CCN(C(=O)c1ccc2c(c1)C1C=CCC1C(c1ccc(OCc3ccccc3)cc1)N2)c1ccccc1. The molecule has 0 saturated heterocycles. The van der Waals surface area contributed by atoms with Gasteiger partial charge in [0.2, 0.25) is 0 Å². The van der Waals surface area contributed by atoms with Gasteiger partial charge in [0.15, 0.2) is 0 Å². The van der Waals surface area contributed by atoms with Gasteiger partial charge < -0.3 is 15.0 Å². The first kappa shape index (κ1) is 24.1. The second-order valence-electron chi connectivity index (χ2n) is 10.0. The summed E-state index contributed by atoms with van der Waals surface area (Å²) in [6, 6.07) is 34.9. The van der Waals surface area contributed by atoms with E-state index < -0.39 is 0 Å². The first-order valence-corrected chi connectivity index (χ1v) is 13.4. The van der Waals surface area contributed by atoms with Crippen molar-refractivity contribution in [2.24, 2.45) is 5.92 Å². The van der Waals surface area contributed by atoms with E-state index in [1.54, 1.807) is 0 Å². The summed E-state index contributed by atoms with van der Waals surface area (Å²) in [5.41, 5.74) is 6.37. The van der Waals surface area contributed by atoms with E-state index in [-0.39, 0.29) is 17.9 Å². The number of benzene rings is 4. The van der Waals surface area contributed by atoms with Gasteiger partial charge in [-0.1, -0.05) is 72.8 Å². The van der Waals surface area contributed by atoms with Gasteiger partial charge in [-0.2, -0.15) is 0 Å². The Hall–Kier alpha value is -4.31. The highest BCUT2D eigenvalue weighted by molar-refractivity contribution is 6.06. The molecular formula is C34H32N2O2. The Morgan fingerprint density at radius 1 is 0.921 bits per heavy atom. The zero-order chi connectivity index (χ0) is 25.9. The van der Waals surface area contributed by atoms with Crippen LogP contribution in [-0.4, -0.2) is 12.5 Å². The quantitative estimate of drug-likeness (QED) is 0.264. The van der Waals surface area contributed by atoms with E-state index >= 15 is 0 Å². The lowest BCUT2D eigenvalue weighted by molar-refractivity contribution is 0.0988. The number of carbonyl (C=O) groups excluding carboxylic acids is 1. The van der Waals surface area contributed by atoms with Crippen molar-refractivity contribution in [2.45, 2.75) is 31.9 Å². The number of carbonyl (C=O) groups is 1. The molecule has 6 rings (SSSR count). The molecule has 190 valence electrons. The molecule has 4 nitrogen and oxygen atoms in total. The summed E-state index contributed by atoms with van der Waals surface area (Å²) in [6.45, 7) is 3.20. The minimum atomic E-state index is 0.0354. The molecule has 4 aromatic rings. The topological polar surface area (TPSA) is 41.6 Å². The lowest BCUT2D eigenvalue weighted by Gasteiger charge is -2.38. The minimum Gasteiger partial charge on any atom is -0.489 e. The van der Waals surface area contributed by atoms with Crippen LogP contribution in [0.3, 0.4) is 0 Å². The van der Waals surface area contributed by atoms with E-state index in [2.05, 4.69) is 66.0 Å². The largest absolute Gasteiger partial charge is 0.489 e. The molecule has 3 unspecified atom stereocenters. The molecule has 0 saturated carbocycles. The Kier molecular flexibility index (Phi) is 6.70. The van der Waals surface area contributed by atoms with Crippen molar-refractivity contribution in [3.8, 4) is 5.75 Å². The maximum Gasteiger partial charge on any atom is 0.258 e. The van der Waals surface area contributed by atoms with Gasteiger partial charge in [-0.05, 0) is 78.4 Å². The van der Waals surface area contributed by atoms with Gasteiger partial charge >= 0.3 is 0 Å². The molecule has 3 atom stereocenters. The third kappa shape index (κ3) is 4.70. The Bertz CT molecular complexity index is 1430. The number of para-hydroxylation sites is 1. The average molecular weight is 501 g/mol. The number of hydrogen-bond acceptors (Lipinski definition) is 3. The molecule has 1 aliphatic heterocycles. The number of hydrogen-bond donors (Lipinski definition) is 1. The Morgan fingerprint density at radius 2 is 1.66 bits per heavy atom. The number of allylic oxidation sites excluding steroid dienone is 2. The fraction of sp³-hybridized carbons (Fsp3) is 0.206. The molecule has 0 fully saturated rings. The van der Waals surface area contributed by atoms with Crippen LogP contribution in [0.2, 0.25) is 0 Å². The smallest absolute Gasteiger partial charge is 0.258 e. The van der Waals surface area contributed by atoms with Gasteiger partial charge in [-0.25, -0.2) is 0 Å². The maximum atomic E-state index is 13.5. The van der Waals surface area contributed by atoms with Crippen LogP contribution in [0.25, 0.3) is 0 Å². The standard InChI is InChI=1S/C34H32N2O2/c1-2-36(27-12-7-4-8-13-27)34(37)26-18-21-32-31(22-26)29-14-9-15-30(29)33(35-32)25-16-19-28(20-17-25)38-23-24-10-5-3-6-11-24/h3-14,16-22,29-30,33,35H,2,15,23H2,1H3. The molecule has 0 radical (unpaired) electrons. The predicted molar refractivity (Wildman–Crippen MR) is 154 cm³/mol. The number of anilines is 2. The predicted octanol–water partition coefficient (Wildman–Crippen LogP) is 7.76. The monoisotopic (exact) mass is 500 g/mol. The molecule has 1 amide bonds. The summed E-state index contributed by atoms with van der Waals surface area (Å²) >= 11 is 0. The molecule has 0 spiro atoms. The fourth-order valence-electron chi connectivity index (χ4n) is 5.78. The van der Waals surface area contributed by atoms with E-state index in [0.717, 1.165) is 34.7 Å². The molecule has 1 aliphatic carbocycles. The lowest BCUT2D eigenvalue weighted by Crippen LogP contribution is -2.32. The molecule has 4 heteroatoms. The summed E-state index contributed by atoms with van der Waals surface area (Å²) < 4.78 is 6.00. The number of amides is 1. The second kappa shape index (κ2) is 10.6. The van der Waals surface area contributed by atoms with Crippen LogP contribution >= 0.6 is 0 Å². The summed E-state index contributed by atoms with van der Waals surface area (Å²) in [5.74, 6) is 1.59. The summed E-state index contributed by atoms with van der Waals surface area (Å²) in [7, 11) is 0. The van der Waals surface area contributed by atoms with Crippen molar-refractivity contribution in [1.29, 1.82) is 0 Å². The van der Waals surface area contributed by atoms with Crippen molar-refractivity contribution in [1.82, 2.24) is 0 Å². The average Bonchev–Trinajstić information content (AvgIpc) is 3.48. The van der Waals surface area contributed by atoms with Gasteiger partial charge in [-0.15, -0.1) is 0 Å². The van der Waals surface area contributed by atoms with Crippen LogP contribution in [0.1, 0.15) is 52.4 Å². The summed E-state index contributed by atoms with van der Waals surface area (Å²) in [6.07, 6.45) is 5.61. The molecule has 1 N–H and O–H groups in total. The van der Waals surface area contributed by atoms with Crippen molar-refractivity contribution in [3.05, 3.63) is 138 Å². The summed E-state index contributed by atoms with van der Waals surface area (Å²) in [5, 5.41) is 3.80. The Labute approximate surface area is 224 Å². The van der Waals surface area contributed by atoms with E-state index in [0.29, 0.717) is 19.1 Å². The zero-order valence-electron chi connectivity index (χ0n) is 21.6. The highest BCUT2D eigenvalue weighted by Crippen LogP contribution is 2.50. The highest BCUT2D eigenvalue weighted by atomic mass is 16.5. The molecule has 0 aromatic heterocycles. The molecule has 38 heavy (non-hydrogen) atoms. The van der Waals surface area contributed by atoms with Gasteiger partial charge in [0.25, 0.3) is 5.91 Å². The zero-order valence-corrected chi connectivity index (χ0v) is 21.6. The fourth-order valence-corrected chi connectivity index (χ4v) is 5.78. The normalized spacial score (nSPS) is 19.2. The Morgan fingerprint density at radius 3 is 2.39 bits per heavy atom. The van der Waals surface area contributed by atoms with Crippen molar-refractivity contribution < 1.29 is 9.53 Å². The van der Waals surface area contributed by atoms with Crippen LogP contribution in [0, 0.1) is 5.92 Å². The van der Waals surface area contributed by atoms with Crippen molar-refractivity contribution >= 4 is 17.3 Å². The van der Waals surface area contributed by atoms with Crippen molar-refractivity contribution in [2.75, 3.05) is 16.8 Å². The number of nitrogens with zero attached hydrogens (tertiary/aromatic N) is 1. The van der Waals surface area contributed by atoms with E-state index in [1.807, 2.05) is 66.4 Å². The van der Waals surface area contributed by atoms with E-state index in [9.17, 15) is 4.79 Å². The maximum absolute atomic E-state index is 13.5. The van der Waals surface area contributed by atoms with Crippen LogP contribution in [0.5, 0.6) is 5.75 Å². The Balaban J connectivity index is 1.22. The van der Waals surface area contributed by atoms with Gasteiger partial charge in [-0.3, -0.25) is 4.79 Å². The number of nitrogens with one attached hydrogen (secondary N) is 1. The van der Waals surface area contributed by atoms with Gasteiger partial charge in [0.05, 0.1) is 6.04 Å². The molecule has 2 aliphatic rings. The van der Waals surface area contributed by atoms with Gasteiger partial charge in [0.1, 0.15) is 12.4 Å². The third-order valence-electron chi connectivity index (χ3n) is 7.73. The van der Waals surface area contributed by atoms with Crippen LogP contribution in [0.4, 0.5) is 11.4 Å². The summed E-state index contributed by atoms with van der Waals surface area (Å²) in [4.78, 5) is 15.3.